The van der Waals surface area contributed by atoms with E-state index in [2.05, 4.69) is 0 Å². The van der Waals surface area contributed by atoms with E-state index < -0.39 is 35.5 Å². The van der Waals surface area contributed by atoms with Gasteiger partial charge in [-0.1, -0.05) is 55.5 Å². The number of nitrogens with zero attached hydrogens (tertiary/aromatic N) is 2. The highest BCUT2D eigenvalue weighted by Crippen LogP contribution is 2.24. The first-order valence-corrected chi connectivity index (χ1v) is 8.38. The molecule has 0 saturated carbocycles. The molecule has 0 aliphatic rings. The summed E-state index contributed by atoms with van der Waals surface area (Å²) in [4.78, 5) is 40.8. The Kier molecular flexibility index (Phi) is 7.01. The number of hydroxylamine groups is 2. The van der Waals surface area contributed by atoms with Crippen LogP contribution in [0.2, 0.25) is 0 Å². The van der Waals surface area contributed by atoms with E-state index in [0.717, 1.165) is 0 Å². The molecule has 2 aromatic rings. The molecular weight excluding hydrogens is 352 g/mol. The van der Waals surface area contributed by atoms with E-state index in [9.17, 15) is 24.8 Å². The highest BCUT2D eigenvalue weighted by molar-refractivity contribution is 5.96. The molecule has 8 nitrogen and oxygen atoms in total. The number of carboxylic acids is 1. The van der Waals surface area contributed by atoms with E-state index >= 15 is 0 Å². The molecular formula is C19H20N2O6. The van der Waals surface area contributed by atoms with Gasteiger partial charge in [0.25, 0.3) is 5.91 Å². The lowest BCUT2D eigenvalue weighted by molar-refractivity contribution is -0.530. The molecule has 2 aromatic carbocycles. The van der Waals surface area contributed by atoms with Gasteiger partial charge in [-0.05, 0) is 17.7 Å². The second kappa shape index (κ2) is 9.44. The maximum absolute atomic E-state index is 12.9. The van der Waals surface area contributed by atoms with Crippen LogP contribution >= 0.6 is 0 Å². The molecule has 0 spiro atoms. The first-order valence-electron chi connectivity index (χ1n) is 8.38. The third-order valence-electron chi connectivity index (χ3n) is 3.98. The fourth-order valence-corrected chi connectivity index (χ4v) is 2.47. The summed E-state index contributed by atoms with van der Waals surface area (Å²) in [6.45, 7) is 1.20. The largest absolute Gasteiger partial charge is 0.479 e. The van der Waals surface area contributed by atoms with Gasteiger partial charge in [-0.2, -0.15) is 5.06 Å². The van der Waals surface area contributed by atoms with E-state index in [4.69, 9.17) is 4.84 Å². The molecule has 2 rings (SSSR count). The van der Waals surface area contributed by atoms with E-state index in [1.54, 1.807) is 55.5 Å². The Morgan fingerprint density at radius 3 is 2.15 bits per heavy atom. The monoisotopic (exact) mass is 372 g/mol. The maximum Gasteiger partial charge on any atom is 0.333 e. The van der Waals surface area contributed by atoms with Crippen LogP contribution in [0.3, 0.4) is 0 Å². The number of nitro groups is 1. The summed E-state index contributed by atoms with van der Waals surface area (Å²) in [5.74, 6) is -2.00. The summed E-state index contributed by atoms with van der Waals surface area (Å²) >= 11 is 0. The molecule has 1 amide bonds. The summed E-state index contributed by atoms with van der Waals surface area (Å²) in [5.41, 5.74) is 0.539. The summed E-state index contributed by atoms with van der Waals surface area (Å²) in [6, 6.07) is 13.6. The topological polar surface area (TPSA) is 110 Å². The lowest BCUT2D eigenvalue weighted by Crippen LogP contribution is -2.41. The van der Waals surface area contributed by atoms with Crippen LogP contribution in [0, 0.1) is 10.1 Å². The number of rotatable bonds is 9. The fraction of sp³-hybridized carbons (Fsp3) is 0.263. The van der Waals surface area contributed by atoms with Crippen LogP contribution in [0.4, 0.5) is 0 Å². The van der Waals surface area contributed by atoms with Crippen molar-refractivity contribution in [2.75, 3.05) is 6.61 Å². The molecule has 1 N–H and O–H groups in total. The third kappa shape index (κ3) is 5.11. The van der Waals surface area contributed by atoms with Gasteiger partial charge in [-0.3, -0.25) is 19.7 Å². The Morgan fingerprint density at radius 1 is 1.11 bits per heavy atom. The number of carbonyl (C=O) groups excluding carboxylic acids is 1. The number of aliphatic carboxylic acids is 1. The first kappa shape index (κ1) is 20.1. The van der Waals surface area contributed by atoms with Crippen LogP contribution in [0.1, 0.15) is 35.3 Å². The summed E-state index contributed by atoms with van der Waals surface area (Å²) in [5, 5.41) is 21.5. The van der Waals surface area contributed by atoms with E-state index in [1.165, 1.54) is 12.1 Å². The quantitative estimate of drug-likeness (QED) is 0.535. The van der Waals surface area contributed by atoms with Crippen LogP contribution in [-0.4, -0.2) is 39.6 Å². The maximum atomic E-state index is 12.9. The third-order valence-corrected chi connectivity index (χ3v) is 3.98. The normalized spacial score (nSPS) is 12.8. The van der Waals surface area contributed by atoms with Crippen molar-refractivity contribution in [2.24, 2.45) is 0 Å². The molecule has 0 heterocycles. The Hall–Kier alpha value is -3.26. The standard InChI is InChI=1S/C19H20N2O6/c1-2-16(21(25)26)13-27-20(18(22)15-11-7-4-8-12-15)17(19(23)24)14-9-5-3-6-10-14/h3-12,16-17H,2,13H2,1H3,(H,23,24)/t16?,17-/m1/s1. The van der Waals surface area contributed by atoms with Crippen LogP contribution in [-0.2, 0) is 9.63 Å². The molecule has 0 aliphatic carbocycles. The lowest BCUT2D eigenvalue weighted by Gasteiger charge is -2.28. The van der Waals surface area contributed by atoms with Gasteiger partial charge in [0.05, 0.1) is 0 Å². The summed E-state index contributed by atoms with van der Waals surface area (Å²) < 4.78 is 0. The van der Waals surface area contributed by atoms with Crippen molar-refractivity contribution in [2.45, 2.75) is 25.4 Å². The van der Waals surface area contributed by atoms with Crippen molar-refractivity contribution in [1.29, 1.82) is 0 Å². The number of amides is 1. The van der Waals surface area contributed by atoms with Crippen molar-refractivity contribution in [3.8, 4) is 0 Å². The molecule has 0 bridgehead atoms. The van der Waals surface area contributed by atoms with Crippen molar-refractivity contribution < 1.29 is 24.5 Å². The van der Waals surface area contributed by atoms with Crippen molar-refractivity contribution in [1.82, 2.24) is 5.06 Å². The predicted molar refractivity (Wildman–Crippen MR) is 96.5 cm³/mol. The fourth-order valence-electron chi connectivity index (χ4n) is 2.47. The highest BCUT2D eigenvalue weighted by Gasteiger charge is 2.34. The van der Waals surface area contributed by atoms with E-state index in [-0.39, 0.29) is 12.0 Å². The van der Waals surface area contributed by atoms with Crippen LogP contribution in [0.25, 0.3) is 0 Å². The van der Waals surface area contributed by atoms with Gasteiger partial charge in [-0.15, -0.1) is 0 Å². The van der Waals surface area contributed by atoms with E-state index in [0.29, 0.717) is 10.6 Å². The number of hydrogen-bond donors (Lipinski definition) is 1. The smallest absolute Gasteiger partial charge is 0.333 e. The molecule has 0 aromatic heterocycles. The Morgan fingerprint density at radius 2 is 1.67 bits per heavy atom. The molecule has 0 radical (unpaired) electrons. The zero-order valence-electron chi connectivity index (χ0n) is 14.7. The number of benzene rings is 2. The molecule has 2 atom stereocenters. The number of carboxylic acid groups (broad SMARTS) is 1. The average molecular weight is 372 g/mol. The summed E-state index contributed by atoms with van der Waals surface area (Å²) in [6.07, 6.45) is 0.184. The summed E-state index contributed by atoms with van der Waals surface area (Å²) in [7, 11) is 0. The Balaban J connectivity index is 2.39. The predicted octanol–water partition coefficient (Wildman–Crippen LogP) is 2.94. The highest BCUT2D eigenvalue weighted by atomic mass is 16.7. The van der Waals surface area contributed by atoms with E-state index in [1.807, 2.05) is 0 Å². The zero-order valence-corrected chi connectivity index (χ0v) is 14.7. The van der Waals surface area contributed by atoms with Gasteiger partial charge in [0.1, 0.15) is 6.61 Å². The zero-order chi connectivity index (χ0) is 19.8. The van der Waals surface area contributed by atoms with Gasteiger partial charge in [-0.25, -0.2) is 4.79 Å². The minimum Gasteiger partial charge on any atom is -0.479 e. The van der Waals surface area contributed by atoms with Gasteiger partial charge >= 0.3 is 5.97 Å². The van der Waals surface area contributed by atoms with Crippen LogP contribution in [0.15, 0.2) is 60.7 Å². The van der Waals surface area contributed by atoms with Gasteiger partial charge in [0.2, 0.25) is 6.04 Å². The number of carbonyl (C=O) groups is 2. The molecule has 0 aliphatic heterocycles. The van der Waals surface area contributed by atoms with Crippen LogP contribution < -0.4 is 0 Å². The SMILES string of the molecule is CCC(CON(C(=O)c1ccccc1)[C@@H](C(=O)O)c1ccccc1)[N+](=O)[O-]. The Bertz CT molecular complexity index is 781. The second-order valence-electron chi connectivity index (χ2n) is 5.79. The van der Waals surface area contributed by atoms with Gasteiger partial charge in [0.15, 0.2) is 6.04 Å². The Labute approximate surface area is 156 Å². The molecule has 0 saturated heterocycles. The molecule has 8 heteroatoms. The minimum atomic E-state index is -1.44. The molecule has 1 unspecified atom stereocenters. The van der Waals surface area contributed by atoms with Crippen LogP contribution in [0.5, 0.6) is 0 Å². The first-order chi connectivity index (χ1) is 13.0. The lowest BCUT2D eigenvalue weighted by atomic mass is 10.1. The average Bonchev–Trinajstić information content (AvgIpc) is 2.67. The molecule has 142 valence electrons. The van der Waals surface area contributed by atoms with Gasteiger partial charge in [0, 0.05) is 16.9 Å². The van der Waals surface area contributed by atoms with Crippen molar-refractivity contribution in [3.63, 3.8) is 0 Å². The minimum absolute atomic E-state index is 0.184. The van der Waals surface area contributed by atoms with Gasteiger partial charge < -0.3 is 5.11 Å². The van der Waals surface area contributed by atoms with Crippen molar-refractivity contribution in [3.05, 3.63) is 81.9 Å². The second-order valence-corrected chi connectivity index (χ2v) is 5.79. The number of hydrogen-bond acceptors (Lipinski definition) is 5. The molecule has 0 fully saturated rings. The van der Waals surface area contributed by atoms with Crippen molar-refractivity contribution >= 4 is 11.9 Å². The molecule has 27 heavy (non-hydrogen) atoms.